The third kappa shape index (κ3) is 2.26. The zero-order valence-electron chi connectivity index (χ0n) is 9.98. The molecule has 2 aromatic heterocycles. The summed E-state index contributed by atoms with van der Waals surface area (Å²) in [6.07, 6.45) is 7.41. The predicted octanol–water partition coefficient (Wildman–Crippen LogP) is 1.08. The molecular formula is C11H13N5OS. The van der Waals surface area contributed by atoms with E-state index in [1.807, 2.05) is 18.1 Å². The van der Waals surface area contributed by atoms with Gasteiger partial charge < -0.3 is 4.90 Å². The van der Waals surface area contributed by atoms with Crippen LogP contribution < -0.4 is 0 Å². The van der Waals surface area contributed by atoms with Crippen molar-refractivity contribution in [2.24, 2.45) is 7.05 Å². The van der Waals surface area contributed by atoms with E-state index in [1.54, 1.807) is 10.9 Å². The molecule has 0 unspecified atom stereocenters. The molecular weight excluding hydrogens is 250 g/mol. The summed E-state index contributed by atoms with van der Waals surface area (Å²) in [5, 5.41) is 4.12. The van der Waals surface area contributed by atoms with Crippen LogP contribution in [0, 0.1) is 0 Å². The van der Waals surface area contributed by atoms with Gasteiger partial charge in [-0.3, -0.25) is 9.48 Å². The van der Waals surface area contributed by atoms with Gasteiger partial charge in [-0.2, -0.15) is 13.8 Å². The number of carbonyl (C=O) groups is 1. The molecule has 1 amide bonds. The largest absolute Gasteiger partial charge is 0.330 e. The lowest BCUT2D eigenvalue weighted by Gasteiger charge is -2.20. The lowest BCUT2D eigenvalue weighted by molar-refractivity contribution is 0.0725. The van der Waals surface area contributed by atoms with Crippen LogP contribution in [0.4, 0.5) is 0 Å². The molecule has 94 valence electrons. The fourth-order valence-corrected chi connectivity index (χ4v) is 2.32. The fraction of sp³-hybridized carbons (Fsp3) is 0.455. The number of carbonyl (C=O) groups excluding carboxylic acids is 1. The Kier molecular flexibility index (Phi) is 2.83. The first-order valence-electron chi connectivity index (χ1n) is 5.80. The molecule has 0 spiro atoms. The van der Waals surface area contributed by atoms with Gasteiger partial charge in [-0.15, -0.1) is 0 Å². The molecule has 18 heavy (non-hydrogen) atoms. The molecule has 1 aliphatic carbocycles. The topological polar surface area (TPSA) is 63.9 Å². The van der Waals surface area contributed by atoms with E-state index >= 15 is 0 Å². The normalized spacial score (nSPS) is 14.7. The van der Waals surface area contributed by atoms with E-state index in [0.717, 1.165) is 30.1 Å². The van der Waals surface area contributed by atoms with E-state index in [0.29, 0.717) is 18.3 Å². The van der Waals surface area contributed by atoms with Gasteiger partial charge in [0.15, 0.2) is 5.69 Å². The average molecular weight is 263 g/mol. The zero-order chi connectivity index (χ0) is 12.5. The summed E-state index contributed by atoms with van der Waals surface area (Å²) in [5.74, 6) is -0.0323. The lowest BCUT2D eigenvalue weighted by Crippen LogP contribution is -2.32. The number of amides is 1. The third-order valence-electron chi connectivity index (χ3n) is 2.94. The predicted molar refractivity (Wildman–Crippen MR) is 66.0 cm³/mol. The van der Waals surface area contributed by atoms with Crippen molar-refractivity contribution < 1.29 is 4.79 Å². The van der Waals surface area contributed by atoms with Gasteiger partial charge in [0.25, 0.3) is 5.91 Å². The second-order valence-electron chi connectivity index (χ2n) is 4.48. The number of hydrogen-bond acceptors (Lipinski definition) is 5. The summed E-state index contributed by atoms with van der Waals surface area (Å²) in [5.41, 5.74) is 1.48. The Balaban J connectivity index is 1.78. The van der Waals surface area contributed by atoms with Crippen molar-refractivity contribution >= 4 is 17.6 Å². The summed E-state index contributed by atoms with van der Waals surface area (Å²) < 4.78 is 9.64. The van der Waals surface area contributed by atoms with Crippen LogP contribution in [0.1, 0.15) is 28.9 Å². The van der Waals surface area contributed by atoms with Gasteiger partial charge in [0.1, 0.15) is 0 Å². The van der Waals surface area contributed by atoms with Crippen LogP contribution in [0.3, 0.4) is 0 Å². The molecule has 1 aliphatic rings. The van der Waals surface area contributed by atoms with Gasteiger partial charge in [-0.1, -0.05) is 0 Å². The second-order valence-corrected chi connectivity index (χ2v) is 5.04. The maximum absolute atomic E-state index is 12.3. The van der Waals surface area contributed by atoms with Crippen LogP contribution in [0.25, 0.3) is 0 Å². The number of nitrogens with zero attached hydrogens (tertiary/aromatic N) is 5. The van der Waals surface area contributed by atoms with Crippen molar-refractivity contribution in [3.63, 3.8) is 0 Å². The molecule has 0 radical (unpaired) electrons. The Hall–Kier alpha value is -1.76. The Labute approximate surface area is 109 Å². The van der Waals surface area contributed by atoms with Gasteiger partial charge in [0.05, 0.1) is 24.1 Å². The highest BCUT2D eigenvalue weighted by atomic mass is 32.1. The molecule has 1 fully saturated rings. The molecule has 0 aromatic carbocycles. The first-order chi connectivity index (χ1) is 8.74. The van der Waals surface area contributed by atoms with Crippen molar-refractivity contribution in [3.8, 4) is 0 Å². The number of aryl methyl sites for hydroxylation is 1. The van der Waals surface area contributed by atoms with Crippen molar-refractivity contribution in [3.05, 3.63) is 29.8 Å². The van der Waals surface area contributed by atoms with Gasteiger partial charge in [0.2, 0.25) is 0 Å². The zero-order valence-corrected chi connectivity index (χ0v) is 10.8. The maximum atomic E-state index is 12.3. The highest BCUT2D eigenvalue weighted by Crippen LogP contribution is 2.29. The van der Waals surface area contributed by atoms with Crippen LogP contribution in [-0.2, 0) is 13.6 Å². The van der Waals surface area contributed by atoms with Crippen LogP contribution in [0.15, 0.2) is 18.6 Å². The second kappa shape index (κ2) is 4.49. The van der Waals surface area contributed by atoms with Gasteiger partial charge in [0, 0.05) is 31.4 Å². The first-order valence-corrected chi connectivity index (χ1v) is 6.53. The van der Waals surface area contributed by atoms with E-state index in [9.17, 15) is 4.79 Å². The lowest BCUT2D eigenvalue weighted by atomic mass is 10.3. The smallest absolute Gasteiger partial charge is 0.275 e. The van der Waals surface area contributed by atoms with Crippen molar-refractivity contribution in [1.29, 1.82) is 0 Å². The Morgan fingerprint density at radius 2 is 2.39 bits per heavy atom. The molecule has 2 aromatic rings. The molecule has 0 atom stereocenters. The highest BCUT2D eigenvalue weighted by Gasteiger charge is 2.34. The van der Waals surface area contributed by atoms with E-state index in [1.165, 1.54) is 6.20 Å². The highest BCUT2D eigenvalue weighted by molar-refractivity contribution is 6.99. The summed E-state index contributed by atoms with van der Waals surface area (Å²) >= 11 is 1.06. The van der Waals surface area contributed by atoms with Gasteiger partial charge >= 0.3 is 0 Å². The molecule has 2 heterocycles. The van der Waals surface area contributed by atoms with Crippen LogP contribution in [0.2, 0.25) is 0 Å². The minimum atomic E-state index is -0.0323. The quantitative estimate of drug-likeness (QED) is 0.828. The summed E-state index contributed by atoms with van der Waals surface area (Å²) in [4.78, 5) is 14.2. The van der Waals surface area contributed by atoms with E-state index in [-0.39, 0.29) is 5.91 Å². The summed E-state index contributed by atoms with van der Waals surface area (Å²) in [6.45, 7) is 0.592. The van der Waals surface area contributed by atoms with E-state index < -0.39 is 0 Å². The van der Waals surface area contributed by atoms with E-state index in [4.69, 9.17) is 0 Å². The first kappa shape index (κ1) is 11.3. The standard InChI is InChI=1S/C11H13N5OS/c1-15-6-8(4-12-15)7-16(9-2-3-9)11(17)10-5-13-18-14-10/h4-6,9H,2-3,7H2,1H3. The molecule has 0 saturated heterocycles. The summed E-state index contributed by atoms with van der Waals surface area (Å²) in [7, 11) is 1.87. The number of aromatic nitrogens is 4. The molecule has 1 saturated carbocycles. The molecule has 3 rings (SSSR count). The third-order valence-corrected chi connectivity index (χ3v) is 3.42. The molecule has 7 heteroatoms. The van der Waals surface area contributed by atoms with Crippen molar-refractivity contribution in [1.82, 2.24) is 23.4 Å². The Morgan fingerprint density at radius 1 is 1.56 bits per heavy atom. The van der Waals surface area contributed by atoms with Gasteiger partial charge in [-0.25, -0.2) is 0 Å². The molecule has 6 nitrogen and oxygen atoms in total. The summed E-state index contributed by atoms with van der Waals surface area (Å²) in [6, 6.07) is 0.347. The monoisotopic (exact) mass is 263 g/mol. The SMILES string of the molecule is Cn1cc(CN(C(=O)c2cnsn2)C2CC2)cn1. The Morgan fingerprint density at radius 3 is 2.94 bits per heavy atom. The van der Waals surface area contributed by atoms with Crippen LogP contribution in [-0.4, -0.2) is 35.4 Å². The van der Waals surface area contributed by atoms with Crippen LogP contribution in [0.5, 0.6) is 0 Å². The minimum absolute atomic E-state index is 0.0323. The Bertz CT molecular complexity index is 546. The minimum Gasteiger partial charge on any atom is -0.330 e. The average Bonchev–Trinajstić information content (AvgIpc) is 2.89. The van der Waals surface area contributed by atoms with Gasteiger partial charge in [-0.05, 0) is 12.8 Å². The molecule has 0 bridgehead atoms. The van der Waals surface area contributed by atoms with Crippen LogP contribution >= 0.6 is 11.7 Å². The maximum Gasteiger partial charge on any atom is 0.275 e. The van der Waals surface area contributed by atoms with E-state index in [2.05, 4.69) is 13.8 Å². The number of hydrogen-bond donors (Lipinski definition) is 0. The van der Waals surface area contributed by atoms with Crippen molar-refractivity contribution in [2.45, 2.75) is 25.4 Å². The number of rotatable bonds is 4. The molecule has 0 N–H and O–H groups in total. The van der Waals surface area contributed by atoms with Crippen molar-refractivity contribution in [2.75, 3.05) is 0 Å². The molecule has 0 aliphatic heterocycles. The fourth-order valence-electron chi connectivity index (χ4n) is 1.91.